The number of ether oxygens (including phenoxy) is 3. The van der Waals surface area contributed by atoms with Crippen LogP contribution in [0.3, 0.4) is 0 Å². The molecule has 6 nitrogen and oxygen atoms in total. The quantitative estimate of drug-likeness (QED) is 0.396. The molecule has 0 aliphatic carbocycles. The molecule has 1 heterocycles. The van der Waals surface area contributed by atoms with Gasteiger partial charge in [-0.05, 0) is 23.8 Å². The first-order valence-corrected chi connectivity index (χ1v) is 9.17. The van der Waals surface area contributed by atoms with Crippen molar-refractivity contribution in [2.75, 3.05) is 32.4 Å². The number of hydrogen-bond acceptors (Lipinski definition) is 5. The van der Waals surface area contributed by atoms with E-state index in [9.17, 15) is 0 Å². The lowest BCUT2D eigenvalue weighted by Gasteiger charge is -2.14. The number of nitrogens with one attached hydrogen (secondary N) is 2. The van der Waals surface area contributed by atoms with E-state index in [2.05, 4.69) is 28.5 Å². The zero-order valence-corrected chi connectivity index (χ0v) is 16.6. The molecule has 0 radical (unpaired) electrons. The maximum atomic E-state index is 5.83. The van der Waals surface area contributed by atoms with E-state index in [1.54, 1.807) is 21.3 Å². The van der Waals surface area contributed by atoms with Gasteiger partial charge in [0.25, 0.3) is 0 Å². The number of para-hydroxylation sites is 1. The Bertz CT molecular complexity index is 1120. The fourth-order valence-electron chi connectivity index (χ4n) is 3.44. The highest BCUT2D eigenvalue weighted by molar-refractivity contribution is 5.97. The van der Waals surface area contributed by atoms with Gasteiger partial charge in [0.2, 0.25) is 5.75 Å². The van der Waals surface area contributed by atoms with Gasteiger partial charge in [-0.3, -0.25) is 0 Å². The standard InChI is InChI=1S/C23H23N3O3/c1-27-19-12-17(13-20(28-2)23(19)29-3)25-21-11-15-5-4-6-18(22(15)26-21)14-7-9-16(24)10-8-14/h4-13,25-26H,24H2,1-3H3. The average Bonchev–Trinajstić information content (AvgIpc) is 3.16. The van der Waals surface area contributed by atoms with Crippen molar-refractivity contribution in [3.05, 3.63) is 60.7 Å². The number of hydrogen-bond donors (Lipinski definition) is 3. The van der Waals surface area contributed by atoms with Crippen LogP contribution in [0.15, 0.2) is 60.7 Å². The Hall–Kier alpha value is -3.80. The zero-order valence-electron chi connectivity index (χ0n) is 16.6. The maximum Gasteiger partial charge on any atom is 0.203 e. The van der Waals surface area contributed by atoms with E-state index >= 15 is 0 Å². The molecule has 0 fully saturated rings. The summed E-state index contributed by atoms with van der Waals surface area (Å²) in [6.45, 7) is 0. The number of aromatic amines is 1. The predicted molar refractivity (Wildman–Crippen MR) is 118 cm³/mol. The summed E-state index contributed by atoms with van der Waals surface area (Å²) < 4.78 is 16.3. The molecule has 0 spiro atoms. The van der Waals surface area contributed by atoms with Crippen molar-refractivity contribution in [2.45, 2.75) is 0 Å². The van der Waals surface area contributed by atoms with Gasteiger partial charge in [0.15, 0.2) is 11.5 Å². The van der Waals surface area contributed by atoms with E-state index < -0.39 is 0 Å². The Balaban J connectivity index is 1.73. The highest BCUT2D eigenvalue weighted by atomic mass is 16.5. The average molecular weight is 389 g/mol. The summed E-state index contributed by atoms with van der Waals surface area (Å²) in [6, 6.07) is 19.9. The van der Waals surface area contributed by atoms with Gasteiger partial charge in [0, 0.05) is 34.5 Å². The zero-order chi connectivity index (χ0) is 20.4. The molecule has 0 aliphatic heterocycles. The third kappa shape index (κ3) is 3.52. The van der Waals surface area contributed by atoms with Crippen molar-refractivity contribution >= 4 is 28.1 Å². The summed E-state index contributed by atoms with van der Waals surface area (Å²) in [7, 11) is 4.79. The number of rotatable bonds is 6. The number of nitrogens with two attached hydrogens (primary N) is 1. The highest BCUT2D eigenvalue weighted by Gasteiger charge is 2.14. The minimum atomic E-state index is 0.558. The molecule has 0 bridgehead atoms. The van der Waals surface area contributed by atoms with E-state index in [-0.39, 0.29) is 0 Å². The first-order chi connectivity index (χ1) is 14.1. The Morgan fingerprint density at radius 1 is 0.828 bits per heavy atom. The first-order valence-electron chi connectivity index (χ1n) is 9.17. The minimum absolute atomic E-state index is 0.558. The van der Waals surface area contributed by atoms with Gasteiger partial charge in [0.1, 0.15) is 5.82 Å². The molecular formula is C23H23N3O3. The summed E-state index contributed by atoms with van der Waals surface area (Å²) in [5.41, 5.74) is 10.7. The summed E-state index contributed by atoms with van der Waals surface area (Å²) in [6.07, 6.45) is 0. The SMILES string of the molecule is COc1cc(Nc2cc3cccc(-c4ccc(N)cc4)c3[nH]2)cc(OC)c1OC. The normalized spacial score (nSPS) is 10.7. The van der Waals surface area contributed by atoms with Crippen LogP contribution >= 0.6 is 0 Å². The number of methoxy groups -OCH3 is 3. The van der Waals surface area contributed by atoms with Crippen LogP contribution in [0.1, 0.15) is 0 Å². The van der Waals surface area contributed by atoms with Crippen molar-refractivity contribution in [1.29, 1.82) is 0 Å². The highest BCUT2D eigenvalue weighted by Crippen LogP contribution is 2.41. The molecule has 0 saturated heterocycles. The van der Waals surface area contributed by atoms with Crippen LogP contribution in [0.4, 0.5) is 17.2 Å². The maximum absolute atomic E-state index is 5.83. The van der Waals surface area contributed by atoms with E-state index in [0.717, 1.165) is 39.2 Å². The smallest absolute Gasteiger partial charge is 0.203 e. The number of fused-ring (bicyclic) bond motifs is 1. The lowest BCUT2D eigenvalue weighted by molar-refractivity contribution is 0.324. The Kier molecular flexibility index (Phi) is 4.91. The van der Waals surface area contributed by atoms with Crippen molar-refractivity contribution in [3.8, 4) is 28.4 Å². The van der Waals surface area contributed by atoms with Crippen LogP contribution in [-0.2, 0) is 0 Å². The van der Waals surface area contributed by atoms with Gasteiger partial charge >= 0.3 is 0 Å². The molecule has 0 saturated carbocycles. The Morgan fingerprint density at radius 3 is 2.14 bits per heavy atom. The number of anilines is 3. The van der Waals surface area contributed by atoms with Crippen molar-refractivity contribution < 1.29 is 14.2 Å². The number of nitrogen functional groups attached to an aromatic ring is 1. The molecule has 6 heteroatoms. The fraction of sp³-hybridized carbons (Fsp3) is 0.130. The summed E-state index contributed by atoms with van der Waals surface area (Å²) in [5.74, 6) is 2.60. The lowest BCUT2D eigenvalue weighted by atomic mass is 10.0. The molecule has 4 rings (SSSR count). The second-order valence-corrected chi connectivity index (χ2v) is 6.61. The van der Waals surface area contributed by atoms with Crippen molar-refractivity contribution in [3.63, 3.8) is 0 Å². The van der Waals surface area contributed by atoms with Crippen LogP contribution in [-0.4, -0.2) is 26.3 Å². The van der Waals surface area contributed by atoms with Gasteiger partial charge < -0.3 is 30.2 Å². The summed E-state index contributed by atoms with van der Waals surface area (Å²) in [5, 5.41) is 4.50. The van der Waals surface area contributed by atoms with E-state index in [0.29, 0.717) is 17.2 Å². The third-order valence-corrected chi connectivity index (χ3v) is 4.82. The molecule has 29 heavy (non-hydrogen) atoms. The van der Waals surface area contributed by atoms with Crippen LogP contribution in [0.2, 0.25) is 0 Å². The van der Waals surface area contributed by atoms with Crippen LogP contribution < -0.4 is 25.3 Å². The molecule has 148 valence electrons. The van der Waals surface area contributed by atoms with Crippen LogP contribution in [0.5, 0.6) is 17.2 Å². The van der Waals surface area contributed by atoms with E-state index in [1.165, 1.54) is 0 Å². The number of aromatic nitrogens is 1. The topological polar surface area (TPSA) is 81.5 Å². The van der Waals surface area contributed by atoms with Crippen molar-refractivity contribution in [2.24, 2.45) is 0 Å². The molecule has 4 N–H and O–H groups in total. The summed E-state index contributed by atoms with van der Waals surface area (Å²) in [4.78, 5) is 3.47. The van der Waals surface area contributed by atoms with Gasteiger partial charge in [-0.25, -0.2) is 0 Å². The van der Waals surface area contributed by atoms with Gasteiger partial charge in [-0.1, -0.05) is 30.3 Å². The van der Waals surface area contributed by atoms with Crippen molar-refractivity contribution in [1.82, 2.24) is 4.98 Å². The second-order valence-electron chi connectivity index (χ2n) is 6.61. The molecule has 0 amide bonds. The molecule has 4 aromatic rings. The Labute approximate surface area is 169 Å². The lowest BCUT2D eigenvalue weighted by Crippen LogP contribution is -1.98. The fourth-order valence-corrected chi connectivity index (χ4v) is 3.44. The van der Waals surface area contributed by atoms with Crippen LogP contribution in [0.25, 0.3) is 22.0 Å². The number of H-pyrrole nitrogens is 1. The largest absolute Gasteiger partial charge is 0.493 e. The number of benzene rings is 3. The summed E-state index contributed by atoms with van der Waals surface area (Å²) >= 11 is 0. The predicted octanol–water partition coefficient (Wildman–Crippen LogP) is 5.19. The van der Waals surface area contributed by atoms with Gasteiger partial charge in [-0.15, -0.1) is 0 Å². The minimum Gasteiger partial charge on any atom is -0.493 e. The van der Waals surface area contributed by atoms with Gasteiger partial charge in [0.05, 0.1) is 26.8 Å². The third-order valence-electron chi connectivity index (χ3n) is 4.82. The van der Waals surface area contributed by atoms with E-state index in [1.807, 2.05) is 42.5 Å². The molecule has 0 unspecified atom stereocenters. The molecule has 0 atom stereocenters. The molecular weight excluding hydrogens is 366 g/mol. The molecule has 1 aromatic heterocycles. The van der Waals surface area contributed by atoms with Crippen LogP contribution in [0, 0.1) is 0 Å². The molecule has 0 aliphatic rings. The van der Waals surface area contributed by atoms with Gasteiger partial charge in [-0.2, -0.15) is 0 Å². The Morgan fingerprint density at radius 2 is 1.52 bits per heavy atom. The first kappa shape index (κ1) is 18.6. The second kappa shape index (κ2) is 7.67. The monoisotopic (exact) mass is 389 g/mol. The van der Waals surface area contributed by atoms with E-state index in [4.69, 9.17) is 19.9 Å². The molecule has 3 aromatic carbocycles.